The van der Waals surface area contributed by atoms with E-state index in [9.17, 15) is 4.79 Å². The third-order valence-corrected chi connectivity index (χ3v) is 3.34. The molecule has 0 spiro atoms. The molecule has 1 amide bonds. The summed E-state index contributed by atoms with van der Waals surface area (Å²) in [6, 6.07) is 5.51. The van der Waals surface area contributed by atoms with Crippen molar-refractivity contribution in [3.05, 3.63) is 29.8 Å². The molecule has 0 radical (unpaired) electrons. The minimum Gasteiger partial charge on any atom is -0.497 e. The number of methoxy groups -OCH3 is 2. The monoisotopic (exact) mass is 291 g/mol. The van der Waals surface area contributed by atoms with E-state index in [1.165, 1.54) is 0 Å². The van der Waals surface area contributed by atoms with Crippen molar-refractivity contribution in [3.8, 4) is 11.5 Å². The Hall–Kier alpha value is -2.01. The fourth-order valence-corrected chi connectivity index (χ4v) is 2.22. The van der Waals surface area contributed by atoms with E-state index in [1.54, 1.807) is 37.3 Å². The maximum atomic E-state index is 12.1. The van der Waals surface area contributed by atoms with Gasteiger partial charge in [0.15, 0.2) is 0 Å². The van der Waals surface area contributed by atoms with Gasteiger partial charge >= 0.3 is 0 Å². The second kappa shape index (κ2) is 7.13. The number of hydrogen-bond donors (Lipinski definition) is 0. The Kier molecular flexibility index (Phi) is 5.22. The Labute approximate surface area is 125 Å². The first kappa shape index (κ1) is 15.4. The van der Waals surface area contributed by atoms with Gasteiger partial charge in [-0.1, -0.05) is 0 Å². The molecule has 1 fully saturated rings. The van der Waals surface area contributed by atoms with Gasteiger partial charge in [-0.25, -0.2) is 0 Å². The molecule has 0 bridgehead atoms. The second-order valence-electron chi connectivity index (χ2n) is 4.94. The van der Waals surface area contributed by atoms with Crippen LogP contribution in [0.2, 0.25) is 0 Å². The molecule has 1 aromatic rings. The summed E-state index contributed by atoms with van der Waals surface area (Å²) in [5, 5.41) is 0. The van der Waals surface area contributed by atoms with Crippen LogP contribution in [-0.2, 0) is 9.53 Å². The molecule has 5 nitrogen and oxygen atoms in total. The lowest BCUT2D eigenvalue weighted by Crippen LogP contribution is -2.43. The number of morpholine rings is 1. The zero-order chi connectivity index (χ0) is 15.2. The summed E-state index contributed by atoms with van der Waals surface area (Å²) >= 11 is 0. The van der Waals surface area contributed by atoms with Crippen LogP contribution in [0.15, 0.2) is 24.3 Å². The van der Waals surface area contributed by atoms with Crippen LogP contribution in [0.1, 0.15) is 12.5 Å². The fourth-order valence-electron chi connectivity index (χ4n) is 2.22. The largest absolute Gasteiger partial charge is 0.497 e. The van der Waals surface area contributed by atoms with Crippen molar-refractivity contribution < 1.29 is 19.0 Å². The number of nitrogens with zero attached hydrogens (tertiary/aromatic N) is 1. The minimum atomic E-state index is -0.00747. The van der Waals surface area contributed by atoms with E-state index in [4.69, 9.17) is 14.2 Å². The molecule has 0 saturated carbocycles. The van der Waals surface area contributed by atoms with Gasteiger partial charge in [0, 0.05) is 25.2 Å². The van der Waals surface area contributed by atoms with Crippen molar-refractivity contribution in [2.24, 2.45) is 0 Å². The standard InChI is InChI=1S/C16H21NO4/c1-12-11-17(6-7-21-12)16(18)5-4-13-8-14(19-2)10-15(9-13)20-3/h4-5,8-10,12H,6-7,11H2,1-3H3/b5-4+. The molecule has 1 aliphatic rings. The highest BCUT2D eigenvalue weighted by atomic mass is 16.5. The summed E-state index contributed by atoms with van der Waals surface area (Å²) in [4.78, 5) is 13.9. The lowest BCUT2D eigenvalue weighted by Gasteiger charge is -2.30. The average Bonchev–Trinajstić information content (AvgIpc) is 2.52. The number of amides is 1. The molecule has 0 N–H and O–H groups in total. The zero-order valence-electron chi connectivity index (χ0n) is 12.7. The summed E-state index contributed by atoms with van der Waals surface area (Å²) in [7, 11) is 3.20. The lowest BCUT2D eigenvalue weighted by atomic mass is 10.2. The van der Waals surface area contributed by atoms with Gasteiger partial charge in [0.1, 0.15) is 11.5 Å². The van der Waals surface area contributed by atoms with Crippen molar-refractivity contribution in [3.63, 3.8) is 0 Å². The molecule has 1 saturated heterocycles. The van der Waals surface area contributed by atoms with Crippen molar-refractivity contribution in [1.29, 1.82) is 0 Å². The maximum absolute atomic E-state index is 12.1. The van der Waals surface area contributed by atoms with Crippen molar-refractivity contribution >= 4 is 12.0 Å². The number of benzene rings is 1. The van der Waals surface area contributed by atoms with Gasteiger partial charge in [-0.05, 0) is 30.7 Å². The van der Waals surface area contributed by atoms with E-state index >= 15 is 0 Å². The summed E-state index contributed by atoms with van der Waals surface area (Å²) in [6.45, 7) is 3.82. The van der Waals surface area contributed by atoms with Crippen LogP contribution in [0.3, 0.4) is 0 Å². The van der Waals surface area contributed by atoms with Crippen LogP contribution in [0, 0.1) is 0 Å². The fraction of sp³-hybridized carbons (Fsp3) is 0.438. The Morgan fingerprint density at radius 1 is 1.29 bits per heavy atom. The smallest absolute Gasteiger partial charge is 0.246 e. The molecule has 1 atom stereocenters. The molecule has 21 heavy (non-hydrogen) atoms. The van der Waals surface area contributed by atoms with Gasteiger partial charge in [0.2, 0.25) is 5.91 Å². The molecule has 1 aliphatic heterocycles. The van der Waals surface area contributed by atoms with Gasteiger partial charge < -0.3 is 19.1 Å². The Balaban J connectivity index is 2.07. The molecular formula is C16H21NO4. The van der Waals surface area contributed by atoms with E-state index in [0.717, 1.165) is 5.56 Å². The van der Waals surface area contributed by atoms with Gasteiger partial charge in [0.25, 0.3) is 0 Å². The molecule has 1 unspecified atom stereocenters. The number of hydrogen-bond acceptors (Lipinski definition) is 4. The van der Waals surface area contributed by atoms with E-state index in [-0.39, 0.29) is 12.0 Å². The van der Waals surface area contributed by atoms with Crippen LogP contribution in [0.4, 0.5) is 0 Å². The topological polar surface area (TPSA) is 48.0 Å². The average molecular weight is 291 g/mol. The van der Waals surface area contributed by atoms with Crippen LogP contribution >= 0.6 is 0 Å². The highest BCUT2D eigenvalue weighted by Gasteiger charge is 2.19. The van der Waals surface area contributed by atoms with E-state index < -0.39 is 0 Å². The van der Waals surface area contributed by atoms with Gasteiger partial charge in [0.05, 0.1) is 26.9 Å². The van der Waals surface area contributed by atoms with E-state index in [0.29, 0.717) is 31.2 Å². The van der Waals surface area contributed by atoms with Gasteiger partial charge in [-0.2, -0.15) is 0 Å². The third kappa shape index (κ3) is 4.23. The van der Waals surface area contributed by atoms with Crippen LogP contribution in [0.25, 0.3) is 6.08 Å². The van der Waals surface area contributed by atoms with Crippen LogP contribution in [0.5, 0.6) is 11.5 Å². The van der Waals surface area contributed by atoms with Gasteiger partial charge in [-0.3, -0.25) is 4.79 Å². The quantitative estimate of drug-likeness (QED) is 0.796. The highest BCUT2D eigenvalue weighted by Crippen LogP contribution is 2.23. The van der Waals surface area contributed by atoms with Crippen molar-refractivity contribution in [1.82, 2.24) is 4.90 Å². The normalized spacial score (nSPS) is 18.8. The van der Waals surface area contributed by atoms with E-state index in [1.807, 2.05) is 19.1 Å². The van der Waals surface area contributed by atoms with Crippen LogP contribution < -0.4 is 9.47 Å². The molecule has 2 rings (SSSR count). The predicted octanol–water partition coefficient (Wildman–Crippen LogP) is 1.96. The Bertz CT molecular complexity index is 505. The number of carbonyl (C=O) groups excluding carboxylic acids is 1. The summed E-state index contributed by atoms with van der Waals surface area (Å²) in [5.74, 6) is 1.38. The number of ether oxygens (including phenoxy) is 3. The van der Waals surface area contributed by atoms with Crippen molar-refractivity contribution in [2.45, 2.75) is 13.0 Å². The zero-order valence-corrected chi connectivity index (χ0v) is 12.7. The molecule has 1 heterocycles. The first-order chi connectivity index (χ1) is 10.1. The predicted molar refractivity (Wildman–Crippen MR) is 80.6 cm³/mol. The minimum absolute atomic E-state index is 0.00747. The lowest BCUT2D eigenvalue weighted by molar-refractivity contribution is -0.132. The maximum Gasteiger partial charge on any atom is 0.246 e. The number of carbonyl (C=O) groups is 1. The molecule has 0 aromatic heterocycles. The number of rotatable bonds is 4. The van der Waals surface area contributed by atoms with Gasteiger partial charge in [-0.15, -0.1) is 0 Å². The summed E-state index contributed by atoms with van der Waals surface area (Å²) < 4.78 is 15.8. The Morgan fingerprint density at radius 2 is 1.95 bits per heavy atom. The molecule has 0 aliphatic carbocycles. The van der Waals surface area contributed by atoms with E-state index in [2.05, 4.69) is 0 Å². The highest BCUT2D eigenvalue weighted by molar-refractivity contribution is 5.92. The summed E-state index contributed by atoms with van der Waals surface area (Å²) in [5.41, 5.74) is 0.862. The SMILES string of the molecule is COc1cc(/C=C/C(=O)N2CCOC(C)C2)cc(OC)c1. The second-order valence-corrected chi connectivity index (χ2v) is 4.94. The third-order valence-electron chi connectivity index (χ3n) is 3.34. The molecule has 5 heteroatoms. The first-order valence-electron chi connectivity index (χ1n) is 6.94. The molecule has 1 aromatic carbocycles. The van der Waals surface area contributed by atoms with Crippen LogP contribution in [-0.4, -0.2) is 50.8 Å². The van der Waals surface area contributed by atoms with Crippen molar-refractivity contribution in [2.75, 3.05) is 33.9 Å². The molecular weight excluding hydrogens is 270 g/mol. The summed E-state index contributed by atoms with van der Waals surface area (Å²) in [6.07, 6.45) is 3.44. The molecule has 114 valence electrons. The Morgan fingerprint density at radius 3 is 2.52 bits per heavy atom. The first-order valence-corrected chi connectivity index (χ1v) is 6.94.